The van der Waals surface area contributed by atoms with Crippen molar-refractivity contribution in [3.63, 3.8) is 0 Å². The van der Waals surface area contributed by atoms with Crippen LogP contribution in [0, 0.1) is 5.82 Å². The van der Waals surface area contributed by atoms with Gasteiger partial charge in [0.15, 0.2) is 0 Å². The minimum absolute atomic E-state index is 0. The number of ether oxygens (including phenoxy) is 1. The number of amides is 1. The first-order valence-electron chi connectivity index (χ1n) is 7.57. The minimum atomic E-state index is -0.348. The molecule has 0 aliphatic carbocycles. The van der Waals surface area contributed by atoms with Crippen molar-refractivity contribution in [3.05, 3.63) is 59.9 Å². The molecule has 0 aromatic heterocycles. The number of hydrogen-bond donors (Lipinski definition) is 2. The Bertz CT molecular complexity index is 667. The second-order valence-corrected chi connectivity index (χ2v) is 5.39. The Kier molecular flexibility index (Phi) is 8.06. The van der Waals surface area contributed by atoms with Crippen LogP contribution < -0.4 is 15.8 Å². The third kappa shape index (κ3) is 6.46. The molecule has 2 aromatic carbocycles. The van der Waals surface area contributed by atoms with Crippen LogP contribution in [0.2, 0.25) is 0 Å². The smallest absolute Gasteiger partial charge is 0.220 e. The van der Waals surface area contributed by atoms with Gasteiger partial charge in [0.1, 0.15) is 17.7 Å². The molecule has 0 aliphatic rings. The summed E-state index contributed by atoms with van der Waals surface area (Å²) in [6.07, 6.45) is 0.709. The van der Waals surface area contributed by atoms with Crippen molar-refractivity contribution in [1.82, 2.24) is 5.32 Å². The van der Waals surface area contributed by atoms with Crippen molar-refractivity contribution in [2.75, 3.05) is 12.3 Å². The van der Waals surface area contributed by atoms with Crippen LogP contribution in [0.4, 0.5) is 10.1 Å². The highest BCUT2D eigenvalue weighted by Crippen LogP contribution is 2.14. The maximum atomic E-state index is 13.1. The average Bonchev–Trinajstić information content (AvgIpc) is 2.52. The maximum Gasteiger partial charge on any atom is 0.220 e. The van der Waals surface area contributed by atoms with E-state index < -0.39 is 0 Å². The maximum absolute atomic E-state index is 13.1. The monoisotopic (exact) mass is 352 g/mol. The fraction of sp³-hybridized carbons (Fsp3) is 0.278. The van der Waals surface area contributed by atoms with Gasteiger partial charge in [-0.1, -0.05) is 24.3 Å². The third-order valence-corrected chi connectivity index (χ3v) is 3.40. The van der Waals surface area contributed by atoms with E-state index in [1.807, 2.05) is 31.2 Å². The topological polar surface area (TPSA) is 64.4 Å². The molecule has 130 valence electrons. The summed E-state index contributed by atoms with van der Waals surface area (Å²) in [5, 5.41) is 2.81. The van der Waals surface area contributed by atoms with E-state index in [9.17, 15) is 9.18 Å². The van der Waals surface area contributed by atoms with Gasteiger partial charge in [-0.3, -0.25) is 4.79 Å². The number of halogens is 2. The van der Waals surface area contributed by atoms with Crippen LogP contribution in [0.15, 0.2) is 48.5 Å². The van der Waals surface area contributed by atoms with Crippen molar-refractivity contribution in [2.45, 2.75) is 25.9 Å². The van der Waals surface area contributed by atoms with Gasteiger partial charge >= 0.3 is 0 Å². The number of nitrogen functional groups attached to an aromatic ring is 1. The molecule has 1 atom stereocenters. The molecule has 0 heterocycles. The van der Waals surface area contributed by atoms with Crippen molar-refractivity contribution >= 4 is 24.0 Å². The molecule has 0 spiro atoms. The van der Waals surface area contributed by atoms with Crippen LogP contribution in [0.5, 0.6) is 5.75 Å². The molecule has 3 N–H and O–H groups in total. The molecule has 0 radical (unpaired) electrons. The Morgan fingerprint density at radius 3 is 2.71 bits per heavy atom. The number of para-hydroxylation sites is 1. The van der Waals surface area contributed by atoms with Crippen LogP contribution in [-0.2, 0) is 11.2 Å². The number of aryl methyl sites for hydroxylation is 1. The Labute approximate surface area is 147 Å². The van der Waals surface area contributed by atoms with Crippen molar-refractivity contribution in [1.29, 1.82) is 0 Å². The molecule has 4 nitrogen and oxygen atoms in total. The van der Waals surface area contributed by atoms with Crippen LogP contribution in [0.25, 0.3) is 0 Å². The number of nitrogens with one attached hydrogen (secondary N) is 1. The summed E-state index contributed by atoms with van der Waals surface area (Å²) in [6.45, 7) is 2.18. The Morgan fingerprint density at radius 2 is 2.00 bits per heavy atom. The summed E-state index contributed by atoms with van der Waals surface area (Å²) < 4.78 is 18.6. The van der Waals surface area contributed by atoms with Gasteiger partial charge in [-0.15, -0.1) is 12.4 Å². The fourth-order valence-corrected chi connectivity index (χ4v) is 2.17. The molecule has 0 bridgehead atoms. The summed E-state index contributed by atoms with van der Waals surface area (Å²) in [7, 11) is 0. The Balaban J connectivity index is 0.00000288. The zero-order valence-corrected chi connectivity index (χ0v) is 14.3. The zero-order valence-electron chi connectivity index (χ0n) is 13.5. The highest BCUT2D eigenvalue weighted by molar-refractivity contribution is 5.85. The van der Waals surface area contributed by atoms with E-state index in [0.717, 1.165) is 5.56 Å². The lowest BCUT2D eigenvalue weighted by Crippen LogP contribution is -2.33. The minimum Gasteiger partial charge on any atom is -0.489 e. The molecule has 0 saturated heterocycles. The molecular formula is C18H22ClFN2O2. The number of carbonyl (C=O) groups is 1. The molecule has 0 saturated carbocycles. The number of carbonyl (C=O) groups excluding carboxylic acids is 1. The van der Waals surface area contributed by atoms with E-state index >= 15 is 0 Å². The molecule has 0 aliphatic heterocycles. The highest BCUT2D eigenvalue weighted by Gasteiger charge is 2.08. The lowest BCUT2D eigenvalue weighted by molar-refractivity contribution is -0.121. The van der Waals surface area contributed by atoms with Crippen molar-refractivity contribution < 1.29 is 13.9 Å². The van der Waals surface area contributed by atoms with Crippen LogP contribution in [0.3, 0.4) is 0 Å². The second kappa shape index (κ2) is 9.78. The van der Waals surface area contributed by atoms with Gasteiger partial charge < -0.3 is 15.8 Å². The molecule has 1 amide bonds. The fourth-order valence-electron chi connectivity index (χ4n) is 2.17. The summed E-state index contributed by atoms with van der Waals surface area (Å²) in [5.74, 6) is 0.0333. The summed E-state index contributed by atoms with van der Waals surface area (Å²) in [5.41, 5.74) is 7.51. The van der Waals surface area contributed by atoms with Gasteiger partial charge in [-0.05, 0) is 37.1 Å². The lowest BCUT2D eigenvalue weighted by atomic mass is 10.1. The zero-order chi connectivity index (χ0) is 16.7. The summed E-state index contributed by atoms with van der Waals surface area (Å²) >= 11 is 0. The molecule has 0 fully saturated rings. The Morgan fingerprint density at radius 1 is 1.25 bits per heavy atom. The van der Waals surface area contributed by atoms with Gasteiger partial charge in [-0.2, -0.15) is 0 Å². The molecule has 1 unspecified atom stereocenters. The lowest BCUT2D eigenvalue weighted by Gasteiger charge is -2.15. The molecular weight excluding hydrogens is 331 g/mol. The van der Waals surface area contributed by atoms with E-state index in [1.54, 1.807) is 12.1 Å². The largest absolute Gasteiger partial charge is 0.489 e. The predicted molar refractivity (Wildman–Crippen MR) is 95.9 cm³/mol. The van der Waals surface area contributed by atoms with E-state index in [0.29, 0.717) is 30.8 Å². The standard InChI is InChI=1S/C18H21FN2O2.ClH/c1-13(23-16-7-4-6-15(19)11-16)12-21-18(22)10-9-14-5-2-3-8-17(14)20;/h2-8,11,13H,9-10,12,20H2,1H3,(H,21,22);1H. The number of rotatable bonds is 7. The van der Waals surface area contributed by atoms with Crippen LogP contribution >= 0.6 is 12.4 Å². The van der Waals surface area contributed by atoms with E-state index in [-0.39, 0.29) is 30.2 Å². The first-order chi connectivity index (χ1) is 11.0. The molecule has 6 heteroatoms. The number of benzene rings is 2. The number of nitrogens with two attached hydrogens (primary N) is 1. The second-order valence-electron chi connectivity index (χ2n) is 5.39. The SMILES string of the molecule is CC(CNC(=O)CCc1ccccc1N)Oc1cccc(F)c1.Cl. The van der Waals surface area contributed by atoms with Gasteiger partial charge in [-0.25, -0.2) is 4.39 Å². The third-order valence-electron chi connectivity index (χ3n) is 3.40. The van der Waals surface area contributed by atoms with E-state index in [1.165, 1.54) is 12.1 Å². The highest BCUT2D eigenvalue weighted by atomic mass is 35.5. The first-order valence-corrected chi connectivity index (χ1v) is 7.57. The summed E-state index contributed by atoms with van der Waals surface area (Å²) in [6, 6.07) is 13.4. The van der Waals surface area contributed by atoms with Gasteiger partial charge in [0.25, 0.3) is 0 Å². The van der Waals surface area contributed by atoms with Gasteiger partial charge in [0.2, 0.25) is 5.91 Å². The van der Waals surface area contributed by atoms with E-state index in [4.69, 9.17) is 10.5 Å². The molecule has 2 aromatic rings. The normalized spacial score (nSPS) is 11.2. The van der Waals surface area contributed by atoms with E-state index in [2.05, 4.69) is 5.32 Å². The van der Waals surface area contributed by atoms with Gasteiger partial charge in [0.05, 0.1) is 6.54 Å². The van der Waals surface area contributed by atoms with Gasteiger partial charge in [0, 0.05) is 18.2 Å². The van der Waals surface area contributed by atoms with Crippen LogP contribution in [0.1, 0.15) is 18.9 Å². The number of hydrogen-bond acceptors (Lipinski definition) is 3. The number of anilines is 1. The quantitative estimate of drug-likeness (QED) is 0.751. The summed E-state index contributed by atoms with van der Waals surface area (Å²) in [4.78, 5) is 11.9. The molecule has 24 heavy (non-hydrogen) atoms. The van der Waals surface area contributed by atoms with Crippen molar-refractivity contribution in [2.24, 2.45) is 0 Å². The van der Waals surface area contributed by atoms with Crippen LogP contribution in [-0.4, -0.2) is 18.6 Å². The average molecular weight is 353 g/mol. The Hall–Kier alpha value is -2.27. The first kappa shape index (κ1) is 19.8. The molecule has 2 rings (SSSR count). The van der Waals surface area contributed by atoms with Crippen molar-refractivity contribution in [3.8, 4) is 5.75 Å². The predicted octanol–water partition coefficient (Wildman–Crippen LogP) is 3.35.